The third-order valence-corrected chi connectivity index (χ3v) is 4.22. The molecule has 0 bridgehead atoms. The van der Waals surface area contributed by atoms with Crippen LogP contribution >= 0.6 is 0 Å². The fourth-order valence-electron chi connectivity index (χ4n) is 1.41. The number of hydrogen-bond donors (Lipinski definition) is 2. The molecule has 0 saturated carbocycles. The first kappa shape index (κ1) is 15.2. The molecule has 0 aliphatic heterocycles. The summed E-state index contributed by atoms with van der Waals surface area (Å²) in [6, 6.07) is 6.50. The zero-order valence-corrected chi connectivity index (χ0v) is 12.3. The van der Waals surface area contributed by atoms with Crippen molar-refractivity contribution in [2.24, 2.45) is 0 Å². The van der Waals surface area contributed by atoms with Gasteiger partial charge in [-0.05, 0) is 32.9 Å². The largest absolute Gasteiger partial charge is 0.355 e. The van der Waals surface area contributed by atoms with Crippen LogP contribution in [0.25, 0.3) is 0 Å². The van der Waals surface area contributed by atoms with Gasteiger partial charge in [0.2, 0.25) is 5.91 Å². The molecule has 1 aromatic carbocycles. The summed E-state index contributed by atoms with van der Waals surface area (Å²) in [4.78, 5) is 11.6. The van der Waals surface area contributed by atoms with Crippen LogP contribution < -0.4 is 10.0 Å². The molecule has 0 fully saturated rings. The Kier molecular flexibility index (Phi) is 4.72. The lowest BCUT2D eigenvalue weighted by atomic mass is 10.2. The van der Waals surface area contributed by atoms with Crippen molar-refractivity contribution >= 4 is 15.9 Å². The highest BCUT2D eigenvalue weighted by Crippen LogP contribution is 2.12. The SMILES string of the molecule is CNC(=O)/C(C)=C(/C)NS(=O)(=O)c1ccc(C)cc1. The second-order valence-corrected chi connectivity index (χ2v) is 5.93. The number of aryl methyl sites for hydroxylation is 1. The molecule has 0 unspecified atom stereocenters. The van der Waals surface area contributed by atoms with E-state index in [1.807, 2.05) is 6.92 Å². The van der Waals surface area contributed by atoms with Crippen molar-refractivity contribution in [2.75, 3.05) is 7.05 Å². The highest BCUT2D eigenvalue weighted by atomic mass is 32.2. The number of carbonyl (C=O) groups excluding carboxylic acids is 1. The number of sulfonamides is 1. The van der Waals surface area contributed by atoms with Crippen LogP contribution in [0.5, 0.6) is 0 Å². The molecule has 0 saturated heterocycles. The zero-order chi connectivity index (χ0) is 14.6. The van der Waals surface area contributed by atoms with E-state index in [1.165, 1.54) is 19.2 Å². The van der Waals surface area contributed by atoms with Gasteiger partial charge in [0, 0.05) is 18.3 Å². The van der Waals surface area contributed by atoms with E-state index in [4.69, 9.17) is 0 Å². The highest BCUT2D eigenvalue weighted by molar-refractivity contribution is 7.89. The second kappa shape index (κ2) is 5.88. The van der Waals surface area contributed by atoms with Gasteiger partial charge in [0.15, 0.2) is 0 Å². The molecule has 5 nitrogen and oxygen atoms in total. The van der Waals surface area contributed by atoms with Crippen molar-refractivity contribution < 1.29 is 13.2 Å². The molecule has 0 atom stereocenters. The Bertz CT molecular complexity index is 601. The molecule has 0 aliphatic carbocycles. The summed E-state index contributed by atoms with van der Waals surface area (Å²) in [7, 11) is -2.16. The van der Waals surface area contributed by atoms with Crippen molar-refractivity contribution in [3.8, 4) is 0 Å². The molecule has 0 heterocycles. The number of rotatable bonds is 4. The van der Waals surface area contributed by atoms with Crippen LogP contribution in [0.2, 0.25) is 0 Å². The Morgan fingerprint density at radius 3 is 2.11 bits per heavy atom. The number of allylic oxidation sites excluding steroid dienone is 1. The van der Waals surface area contributed by atoms with Gasteiger partial charge < -0.3 is 5.32 Å². The number of nitrogens with one attached hydrogen (secondary N) is 2. The van der Waals surface area contributed by atoms with Crippen LogP contribution in [-0.2, 0) is 14.8 Å². The summed E-state index contributed by atoms with van der Waals surface area (Å²) in [5.74, 6) is -0.316. The van der Waals surface area contributed by atoms with Crippen molar-refractivity contribution in [1.29, 1.82) is 0 Å². The third kappa shape index (κ3) is 3.82. The lowest BCUT2D eigenvalue weighted by Gasteiger charge is -2.11. The highest BCUT2D eigenvalue weighted by Gasteiger charge is 2.16. The normalized spacial score (nSPS) is 12.6. The molecule has 0 aliphatic rings. The molecule has 0 aromatic heterocycles. The average molecular weight is 282 g/mol. The Hall–Kier alpha value is -1.82. The molecular formula is C13H18N2O3S. The van der Waals surface area contributed by atoms with Gasteiger partial charge in [-0.3, -0.25) is 9.52 Å². The number of amides is 1. The van der Waals surface area contributed by atoms with Gasteiger partial charge in [0.1, 0.15) is 0 Å². The van der Waals surface area contributed by atoms with Crippen molar-refractivity contribution in [3.63, 3.8) is 0 Å². The lowest BCUT2D eigenvalue weighted by Crippen LogP contribution is -2.27. The summed E-state index contributed by atoms with van der Waals surface area (Å²) in [5, 5.41) is 2.45. The van der Waals surface area contributed by atoms with E-state index in [1.54, 1.807) is 26.0 Å². The second-order valence-electron chi connectivity index (χ2n) is 4.25. The Morgan fingerprint density at radius 2 is 1.63 bits per heavy atom. The predicted molar refractivity (Wildman–Crippen MR) is 73.9 cm³/mol. The fourth-order valence-corrected chi connectivity index (χ4v) is 2.58. The first-order valence-electron chi connectivity index (χ1n) is 5.77. The summed E-state index contributed by atoms with van der Waals surface area (Å²) in [6.45, 7) is 4.99. The van der Waals surface area contributed by atoms with E-state index >= 15 is 0 Å². The van der Waals surface area contributed by atoms with Crippen LogP contribution in [0.3, 0.4) is 0 Å². The molecule has 19 heavy (non-hydrogen) atoms. The standard InChI is InChI=1S/C13H18N2O3S/c1-9-5-7-12(8-6-9)19(17,18)15-11(3)10(2)13(16)14-4/h5-8,15H,1-4H3,(H,14,16)/b11-10-. The fraction of sp³-hybridized carbons (Fsp3) is 0.308. The molecule has 1 amide bonds. The Labute approximate surface area is 113 Å². The number of hydrogen-bond acceptors (Lipinski definition) is 3. The zero-order valence-electron chi connectivity index (χ0n) is 11.4. The first-order valence-corrected chi connectivity index (χ1v) is 7.25. The predicted octanol–water partition coefficient (Wildman–Crippen LogP) is 1.31. The Balaban J connectivity index is 3.04. The molecule has 2 N–H and O–H groups in total. The van der Waals surface area contributed by atoms with E-state index in [9.17, 15) is 13.2 Å². The summed E-state index contributed by atoms with van der Waals surface area (Å²) in [5.41, 5.74) is 1.62. The van der Waals surface area contributed by atoms with E-state index in [-0.39, 0.29) is 10.8 Å². The van der Waals surface area contributed by atoms with E-state index in [2.05, 4.69) is 10.0 Å². The minimum absolute atomic E-state index is 0.169. The molecule has 104 valence electrons. The van der Waals surface area contributed by atoms with E-state index in [0.717, 1.165) is 5.56 Å². The molecule has 1 aromatic rings. The van der Waals surface area contributed by atoms with Crippen molar-refractivity contribution in [2.45, 2.75) is 25.7 Å². The van der Waals surface area contributed by atoms with Crippen LogP contribution in [0, 0.1) is 6.92 Å². The molecule has 6 heteroatoms. The van der Waals surface area contributed by atoms with Crippen LogP contribution in [0.15, 0.2) is 40.4 Å². The Morgan fingerprint density at radius 1 is 1.11 bits per heavy atom. The van der Waals surface area contributed by atoms with Gasteiger partial charge in [0.25, 0.3) is 10.0 Å². The first-order chi connectivity index (χ1) is 8.77. The maximum Gasteiger partial charge on any atom is 0.261 e. The van der Waals surface area contributed by atoms with Crippen molar-refractivity contribution in [1.82, 2.24) is 10.0 Å². The summed E-state index contributed by atoms with van der Waals surface area (Å²) >= 11 is 0. The lowest BCUT2D eigenvalue weighted by molar-refractivity contribution is -0.117. The van der Waals surface area contributed by atoms with Gasteiger partial charge in [-0.25, -0.2) is 8.42 Å². The van der Waals surface area contributed by atoms with E-state index < -0.39 is 10.0 Å². The van der Waals surface area contributed by atoms with Gasteiger partial charge >= 0.3 is 0 Å². The molecule has 0 spiro atoms. The van der Waals surface area contributed by atoms with E-state index in [0.29, 0.717) is 11.3 Å². The minimum Gasteiger partial charge on any atom is -0.355 e. The van der Waals surface area contributed by atoms with Crippen molar-refractivity contribution in [3.05, 3.63) is 41.1 Å². The third-order valence-electron chi connectivity index (χ3n) is 2.75. The quantitative estimate of drug-likeness (QED) is 0.818. The minimum atomic E-state index is -3.65. The number of likely N-dealkylation sites (N-methyl/N-ethyl adjacent to an activating group) is 1. The summed E-state index contributed by atoms with van der Waals surface area (Å²) < 4.78 is 26.6. The van der Waals surface area contributed by atoms with Gasteiger partial charge in [0.05, 0.1) is 4.90 Å². The molecule has 1 rings (SSSR count). The summed E-state index contributed by atoms with van der Waals surface area (Å²) in [6.07, 6.45) is 0. The molecule has 0 radical (unpaired) electrons. The smallest absolute Gasteiger partial charge is 0.261 e. The maximum atomic E-state index is 12.1. The van der Waals surface area contributed by atoms with Crippen LogP contribution in [0.4, 0.5) is 0 Å². The van der Waals surface area contributed by atoms with Crippen LogP contribution in [0.1, 0.15) is 19.4 Å². The van der Waals surface area contributed by atoms with Gasteiger partial charge in [-0.15, -0.1) is 0 Å². The van der Waals surface area contributed by atoms with Gasteiger partial charge in [-0.2, -0.15) is 0 Å². The average Bonchev–Trinajstić information content (AvgIpc) is 2.36. The monoisotopic (exact) mass is 282 g/mol. The maximum absolute atomic E-state index is 12.1. The topological polar surface area (TPSA) is 75.3 Å². The molecular weight excluding hydrogens is 264 g/mol. The van der Waals surface area contributed by atoms with Gasteiger partial charge in [-0.1, -0.05) is 17.7 Å². The van der Waals surface area contributed by atoms with Crippen LogP contribution in [-0.4, -0.2) is 21.4 Å². The number of carbonyl (C=O) groups is 1. The number of benzene rings is 1.